The van der Waals surface area contributed by atoms with Crippen LogP contribution in [-0.2, 0) is 19.1 Å². The van der Waals surface area contributed by atoms with Crippen molar-refractivity contribution in [3.05, 3.63) is 29.8 Å². The van der Waals surface area contributed by atoms with Crippen molar-refractivity contribution in [1.82, 2.24) is 4.90 Å². The van der Waals surface area contributed by atoms with Gasteiger partial charge in [-0.25, -0.2) is 4.79 Å². The maximum Gasteiger partial charge on any atom is 0.333 e. The maximum absolute atomic E-state index is 12.0. The average Bonchev–Trinajstić information content (AvgIpc) is 2.83. The molecule has 1 aromatic rings. The van der Waals surface area contributed by atoms with Crippen LogP contribution in [0.2, 0.25) is 0 Å². The van der Waals surface area contributed by atoms with E-state index >= 15 is 0 Å². The van der Waals surface area contributed by atoms with E-state index < -0.39 is 29.8 Å². The number of nitrogens with zero attached hydrogens (tertiary/aromatic N) is 1. The molecule has 1 fully saturated rings. The second-order valence-corrected chi connectivity index (χ2v) is 4.80. The number of hydrogen-bond acceptors (Lipinski definition) is 5. The minimum absolute atomic E-state index is 0.0264. The second kappa shape index (κ2) is 5.82. The van der Waals surface area contributed by atoms with Crippen molar-refractivity contribution in [2.75, 3.05) is 13.7 Å². The van der Waals surface area contributed by atoms with Crippen LogP contribution in [0.25, 0.3) is 0 Å². The predicted molar refractivity (Wildman–Crippen MR) is 70.3 cm³/mol. The Bertz CT molecular complexity index is 567. The molecule has 112 valence electrons. The lowest BCUT2D eigenvalue weighted by atomic mass is 10.1. The fraction of sp³-hybridized carbons (Fsp3) is 0.357. The van der Waals surface area contributed by atoms with Gasteiger partial charge >= 0.3 is 11.9 Å². The molecule has 1 unspecified atom stereocenters. The first-order valence-electron chi connectivity index (χ1n) is 6.33. The SMILES string of the molecule is COC(=O)[C@@H](c1ccc(O)cc1)N1CC(C(=O)O)CC1=O. The molecule has 0 spiro atoms. The third kappa shape index (κ3) is 2.96. The zero-order valence-corrected chi connectivity index (χ0v) is 11.4. The summed E-state index contributed by atoms with van der Waals surface area (Å²) in [6.45, 7) is -0.0468. The highest BCUT2D eigenvalue weighted by Gasteiger charge is 2.41. The van der Waals surface area contributed by atoms with Crippen LogP contribution in [0, 0.1) is 5.92 Å². The second-order valence-electron chi connectivity index (χ2n) is 4.80. The lowest BCUT2D eigenvalue weighted by Gasteiger charge is -2.26. The minimum atomic E-state index is -1.07. The summed E-state index contributed by atoms with van der Waals surface area (Å²) in [6.07, 6.45) is -0.138. The fourth-order valence-corrected chi connectivity index (χ4v) is 2.36. The number of phenolic OH excluding ortho intramolecular Hbond substituents is 1. The number of ether oxygens (including phenoxy) is 1. The van der Waals surface area contributed by atoms with Crippen LogP contribution in [0.4, 0.5) is 0 Å². The number of carbonyl (C=O) groups is 3. The van der Waals surface area contributed by atoms with E-state index in [-0.39, 0.29) is 18.7 Å². The molecule has 1 amide bonds. The maximum atomic E-state index is 12.0. The standard InChI is InChI=1S/C14H15NO6/c1-21-14(20)12(8-2-4-10(16)5-3-8)15-7-9(13(18)19)6-11(15)17/h2-5,9,12,16H,6-7H2,1H3,(H,18,19)/t9?,12-/m1/s1. The molecule has 0 bridgehead atoms. The number of carboxylic acids is 1. The molecule has 7 heteroatoms. The lowest BCUT2D eigenvalue weighted by molar-refractivity contribution is -0.151. The molecule has 7 nitrogen and oxygen atoms in total. The Morgan fingerprint density at radius 2 is 1.95 bits per heavy atom. The number of hydrogen-bond donors (Lipinski definition) is 2. The molecule has 1 heterocycles. The number of benzene rings is 1. The highest BCUT2D eigenvalue weighted by molar-refractivity contribution is 5.90. The predicted octanol–water partition coefficient (Wildman–Crippen LogP) is 0.539. The highest BCUT2D eigenvalue weighted by atomic mass is 16.5. The molecule has 1 saturated heterocycles. The number of carbonyl (C=O) groups excluding carboxylic acids is 2. The van der Waals surface area contributed by atoms with Gasteiger partial charge in [0.1, 0.15) is 5.75 Å². The van der Waals surface area contributed by atoms with Crippen LogP contribution in [0.3, 0.4) is 0 Å². The smallest absolute Gasteiger partial charge is 0.333 e. The number of esters is 1. The molecule has 1 aliphatic rings. The number of aliphatic carboxylic acids is 1. The lowest BCUT2D eigenvalue weighted by Crippen LogP contribution is -2.36. The van der Waals surface area contributed by atoms with Gasteiger partial charge in [0.2, 0.25) is 5.91 Å². The number of rotatable bonds is 4. The summed E-state index contributed by atoms with van der Waals surface area (Å²) in [6, 6.07) is 4.77. The molecular formula is C14H15NO6. The summed E-state index contributed by atoms with van der Waals surface area (Å²) >= 11 is 0. The van der Waals surface area contributed by atoms with Crippen molar-refractivity contribution in [3.63, 3.8) is 0 Å². The summed E-state index contributed by atoms with van der Waals surface area (Å²) in [4.78, 5) is 36.2. The first-order valence-corrected chi connectivity index (χ1v) is 6.33. The number of aromatic hydroxyl groups is 1. The molecule has 0 radical (unpaired) electrons. The number of amides is 1. The van der Waals surface area contributed by atoms with E-state index in [0.29, 0.717) is 5.56 Å². The highest BCUT2D eigenvalue weighted by Crippen LogP contribution is 2.30. The van der Waals surface area contributed by atoms with Crippen LogP contribution in [0.5, 0.6) is 5.75 Å². The van der Waals surface area contributed by atoms with Gasteiger partial charge in [-0.15, -0.1) is 0 Å². The van der Waals surface area contributed by atoms with Crippen LogP contribution < -0.4 is 0 Å². The van der Waals surface area contributed by atoms with Gasteiger partial charge < -0.3 is 19.8 Å². The van der Waals surface area contributed by atoms with E-state index in [4.69, 9.17) is 9.84 Å². The first kappa shape index (κ1) is 14.8. The third-order valence-corrected chi connectivity index (χ3v) is 3.45. The number of carboxylic acid groups (broad SMARTS) is 1. The third-order valence-electron chi connectivity index (χ3n) is 3.45. The van der Waals surface area contributed by atoms with E-state index in [2.05, 4.69) is 0 Å². The Kier molecular flexibility index (Phi) is 4.11. The van der Waals surface area contributed by atoms with Gasteiger partial charge in [-0.3, -0.25) is 9.59 Å². The largest absolute Gasteiger partial charge is 0.508 e. The Balaban J connectivity index is 2.33. The molecule has 0 aromatic heterocycles. The van der Waals surface area contributed by atoms with Crippen LogP contribution in [0.1, 0.15) is 18.0 Å². The van der Waals surface area contributed by atoms with Gasteiger partial charge in [0.15, 0.2) is 6.04 Å². The van der Waals surface area contributed by atoms with Crippen molar-refractivity contribution in [1.29, 1.82) is 0 Å². The minimum Gasteiger partial charge on any atom is -0.508 e. The summed E-state index contributed by atoms with van der Waals surface area (Å²) < 4.78 is 4.71. The number of likely N-dealkylation sites (tertiary alicyclic amines) is 1. The molecule has 1 aromatic carbocycles. The van der Waals surface area contributed by atoms with Gasteiger partial charge in [-0.1, -0.05) is 12.1 Å². The van der Waals surface area contributed by atoms with Crippen molar-refractivity contribution < 1.29 is 29.3 Å². The van der Waals surface area contributed by atoms with Crippen molar-refractivity contribution >= 4 is 17.8 Å². The van der Waals surface area contributed by atoms with Gasteiger partial charge in [0.05, 0.1) is 13.0 Å². The monoisotopic (exact) mass is 293 g/mol. The van der Waals surface area contributed by atoms with Gasteiger partial charge in [0, 0.05) is 13.0 Å². The van der Waals surface area contributed by atoms with Gasteiger partial charge in [-0.05, 0) is 17.7 Å². The van der Waals surface area contributed by atoms with Crippen LogP contribution in [-0.4, -0.2) is 46.6 Å². The first-order chi connectivity index (χ1) is 9.93. The molecule has 21 heavy (non-hydrogen) atoms. The van der Waals surface area contributed by atoms with Crippen LogP contribution >= 0.6 is 0 Å². The van der Waals surface area contributed by atoms with E-state index in [1.54, 1.807) is 0 Å². The Labute approximate surface area is 120 Å². The topological polar surface area (TPSA) is 104 Å². The molecular weight excluding hydrogens is 278 g/mol. The number of phenols is 1. The fourth-order valence-electron chi connectivity index (χ4n) is 2.36. The summed E-state index contributed by atoms with van der Waals surface area (Å²) in [7, 11) is 1.20. The van der Waals surface area contributed by atoms with Crippen LogP contribution in [0.15, 0.2) is 24.3 Å². The van der Waals surface area contributed by atoms with Gasteiger partial charge in [-0.2, -0.15) is 0 Å². The average molecular weight is 293 g/mol. The van der Waals surface area contributed by atoms with Crippen molar-refractivity contribution in [3.8, 4) is 5.75 Å². The number of methoxy groups -OCH3 is 1. The molecule has 0 aliphatic carbocycles. The van der Waals surface area contributed by atoms with E-state index in [9.17, 15) is 19.5 Å². The summed E-state index contributed by atoms with van der Waals surface area (Å²) in [5.41, 5.74) is 0.457. The Hall–Kier alpha value is -2.57. The molecule has 0 saturated carbocycles. The normalized spacial score (nSPS) is 19.4. The Morgan fingerprint density at radius 1 is 1.33 bits per heavy atom. The molecule has 1 aliphatic heterocycles. The zero-order chi connectivity index (χ0) is 15.6. The van der Waals surface area contributed by atoms with E-state index in [1.807, 2.05) is 0 Å². The molecule has 2 rings (SSSR count). The molecule has 2 atom stereocenters. The Morgan fingerprint density at radius 3 is 2.43 bits per heavy atom. The summed E-state index contributed by atoms with van der Waals surface area (Å²) in [5, 5.41) is 18.3. The molecule has 2 N–H and O–H groups in total. The van der Waals surface area contributed by atoms with Gasteiger partial charge in [0.25, 0.3) is 0 Å². The quantitative estimate of drug-likeness (QED) is 0.785. The van der Waals surface area contributed by atoms with E-state index in [0.717, 1.165) is 0 Å². The van der Waals surface area contributed by atoms with Crippen molar-refractivity contribution in [2.45, 2.75) is 12.5 Å². The van der Waals surface area contributed by atoms with E-state index in [1.165, 1.54) is 36.3 Å². The zero-order valence-electron chi connectivity index (χ0n) is 11.4. The van der Waals surface area contributed by atoms with Crippen molar-refractivity contribution in [2.24, 2.45) is 5.92 Å². The summed E-state index contributed by atoms with van der Waals surface area (Å²) in [5.74, 6) is -2.94.